The summed E-state index contributed by atoms with van der Waals surface area (Å²) in [6.07, 6.45) is -4.52. The average Bonchev–Trinajstić information content (AvgIpc) is 2.48. The molecule has 0 fully saturated rings. The van der Waals surface area contributed by atoms with E-state index < -0.39 is 11.9 Å². The Balaban J connectivity index is 2.82. The lowest BCUT2D eigenvalue weighted by molar-refractivity contribution is -0.141. The van der Waals surface area contributed by atoms with E-state index in [1.54, 1.807) is 0 Å². The van der Waals surface area contributed by atoms with Crippen LogP contribution in [0.4, 0.5) is 19.0 Å². The van der Waals surface area contributed by atoms with Gasteiger partial charge < -0.3 is 5.73 Å². The van der Waals surface area contributed by atoms with Crippen molar-refractivity contribution in [2.75, 3.05) is 12.3 Å². The maximum absolute atomic E-state index is 12.2. The van der Waals surface area contributed by atoms with Gasteiger partial charge >= 0.3 is 6.18 Å². The number of nitrogen functional groups attached to an aromatic ring is 1. The fourth-order valence-electron chi connectivity index (χ4n) is 0.933. The lowest BCUT2D eigenvalue weighted by Gasteiger charge is -2.01. The van der Waals surface area contributed by atoms with Crippen LogP contribution in [0.2, 0.25) is 0 Å². The minimum atomic E-state index is -4.52. The van der Waals surface area contributed by atoms with Gasteiger partial charge in [-0.25, -0.2) is 4.68 Å². The number of hydrogen-bond acceptors (Lipinski definition) is 3. The average molecular weight is 220 g/mol. The van der Waals surface area contributed by atoms with Crippen LogP contribution in [-0.2, 0) is 12.7 Å². The summed E-state index contributed by atoms with van der Waals surface area (Å²) in [5, 5.41) is 6.40. The third-order valence-electron chi connectivity index (χ3n) is 1.58. The molecule has 15 heavy (non-hydrogen) atoms. The molecule has 0 saturated carbocycles. The van der Waals surface area contributed by atoms with Crippen LogP contribution in [0, 0.1) is 0 Å². The van der Waals surface area contributed by atoms with Crippen molar-refractivity contribution in [2.24, 2.45) is 5.11 Å². The minimum Gasteiger partial charge on any atom is -0.384 e. The highest BCUT2D eigenvalue weighted by Gasteiger charge is 2.34. The number of azide groups is 1. The van der Waals surface area contributed by atoms with E-state index in [9.17, 15) is 13.2 Å². The van der Waals surface area contributed by atoms with Gasteiger partial charge in [0, 0.05) is 24.1 Å². The molecule has 9 heteroatoms. The number of hydrogen-bond donors (Lipinski definition) is 1. The fraction of sp³-hybridized carbons (Fsp3) is 0.500. The van der Waals surface area contributed by atoms with E-state index in [1.807, 2.05) is 0 Å². The second-order valence-electron chi connectivity index (χ2n) is 2.63. The molecular formula is C6H7F3N6. The van der Waals surface area contributed by atoms with Crippen molar-refractivity contribution in [3.8, 4) is 0 Å². The van der Waals surface area contributed by atoms with Crippen molar-refractivity contribution < 1.29 is 13.2 Å². The third kappa shape index (κ3) is 2.78. The molecular weight excluding hydrogens is 213 g/mol. The Labute approximate surface area is 82.1 Å². The number of halogens is 3. The first-order valence-corrected chi connectivity index (χ1v) is 3.86. The van der Waals surface area contributed by atoms with Gasteiger partial charge in [0.1, 0.15) is 5.82 Å². The topological polar surface area (TPSA) is 92.6 Å². The lowest BCUT2D eigenvalue weighted by Crippen LogP contribution is -2.10. The van der Waals surface area contributed by atoms with Gasteiger partial charge in [-0.3, -0.25) is 0 Å². The fourth-order valence-corrected chi connectivity index (χ4v) is 0.933. The van der Waals surface area contributed by atoms with Crippen LogP contribution in [0.3, 0.4) is 0 Å². The first kappa shape index (κ1) is 11.2. The van der Waals surface area contributed by atoms with Gasteiger partial charge in [-0.05, 0) is 5.53 Å². The molecule has 1 heterocycles. The summed E-state index contributed by atoms with van der Waals surface area (Å²) < 4.78 is 37.4. The molecule has 6 nitrogen and oxygen atoms in total. The van der Waals surface area contributed by atoms with Crippen LogP contribution in [0.25, 0.3) is 10.4 Å². The Morgan fingerprint density at radius 3 is 2.73 bits per heavy atom. The van der Waals surface area contributed by atoms with Gasteiger partial charge in [-0.2, -0.15) is 18.3 Å². The van der Waals surface area contributed by atoms with Crippen LogP contribution >= 0.6 is 0 Å². The van der Waals surface area contributed by atoms with Crippen LogP contribution in [-0.4, -0.2) is 16.3 Å². The predicted molar refractivity (Wildman–Crippen MR) is 45.7 cm³/mol. The predicted octanol–water partition coefficient (Wildman–Crippen LogP) is 1.79. The molecule has 0 unspecified atom stereocenters. The number of rotatable bonds is 3. The molecule has 0 spiro atoms. The van der Waals surface area contributed by atoms with E-state index in [1.165, 1.54) is 0 Å². The van der Waals surface area contributed by atoms with Gasteiger partial charge in [0.05, 0.1) is 0 Å². The van der Waals surface area contributed by atoms with Crippen LogP contribution in [0.1, 0.15) is 5.69 Å². The van der Waals surface area contributed by atoms with Crippen LogP contribution in [0.5, 0.6) is 0 Å². The highest BCUT2D eigenvalue weighted by Crippen LogP contribution is 2.29. The second-order valence-corrected chi connectivity index (χ2v) is 2.63. The molecule has 2 N–H and O–H groups in total. The Morgan fingerprint density at radius 2 is 2.27 bits per heavy atom. The molecule has 1 rings (SSSR count). The standard InChI is InChI=1S/C6H7F3N6/c7-6(8,9)4-3-5(10)15(13-4)2-1-12-14-11/h3H,1-2,10H2. The number of alkyl halides is 3. The Morgan fingerprint density at radius 1 is 1.60 bits per heavy atom. The molecule has 0 aliphatic heterocycles. The molecule has 1 aromatic rings. The zero-order valence-electron chi connectivity index (χ0n) is 7.44. The maximum Gasteiger partial charge on any atom is 0.435 e. The van der Waals surface area contributed by atoms with E-state index in [0.717, 1.165) is 10.7 Å². The van der Waals surface area contributed by atoms with E-state index in [0.29, 0.717) is 0 Å². The van der Waals surface area contributed by atoms with Gasteiger partial charge in [0.2, 0.25) is 0 Å². The van der Waals surface area contributed by atoms with Crippen LogP contribution < -0.4 is 5.73 Å². The monoisotopic (exact) mass is 220 g/mol. The molecule has 0 aliphatic rings. The van der Waals surface area contributed by atoms with Gasteiger partial charge in [0.25, 0.3) is 0 Å². The highest BCUT2D eigenvalue weighted by molar-refractivity contribution is 5.31. The highest BCUT2D eigenvalue weighted by atomic mass is 19.4. The van der Waals surface area contributed by atoms with Crippen molar-refractivity contribution in [1.29, 1.82) is 0 Å². The normalized spacial score (nSPS) is 11.1. The zero-order chi connectivity index (χ0) is 11.5. The molecule has 0 saturated heterocycles. The smallest absolute Gasteiger partial charge is 0.384 e. The molecule has 1 aromatic heterocycles. The van der Waals surface area contributed by atoms with E-state index in [2.05, 4.69) is 15.1 Å². The molecule has 0 amide bonds. The Kier molecular flexibility index (Phi) is 3.05. The van der Waals surface area contributed by atoms with Crippen molar-refractivity contribution in [1.82, 2.24) is 9.78 Å². The van der Waals surface area contributed by atoms with E-state index in [4.69, 9.17) is 11.3 Å². The summed E-state index contributed by atoms with van der Waals surface area (Å²) in [5.41, 5.74) is 12.2. The zero-order valence-corrected chi connectivity index (χ0v) is 7.44. The summed E-state index contributed by atoms with van der Waals surface area (Å²) in [4.78, 5) is 2.46. The van der Waals surface area contributed by atoms with Crippen molar-refractivity contribution in [3.05, 3.63) is 22.2 Å². The molecule has 0 aromatic carbocycles. The molecule has 0 bridgehead atoms. The summed E-state index contributed by atoms with van der Waals surface area (Å²) in [6, 6.07) is 0.732. The van der Waals surface area contributed by atoms with Gasteiger partial charge in [0.15, 0.2) is 5.69 Å². The number of aromatic nitrogens is 2. The van der Waals surface area contributed by atoms with E-state index in [-0.39, 0.29) is 18.9 Å². The summed E-state index contributed by atoms with van der Waals surface area (Å²) in [6.45, 7) is 0.0195. The minimum absolute atomic E-state index is 0.000320. The quantitative estimate of drug-likeness (QED) is 0.477. The second kappa shape index (κ2) is 4.09. The molecule has 0 aliphatic carbocycles. The largest absolute Gasteiger partial charge is 0.435 e. The lowest BCUT2D eigenvalue weighted by atomic mass is 10.4. The first-order valence-electron chi connectivity index (χ1n) is 3.86. The SMILES string of the molecule is [N-]=[N+]=NCCn1nc(C(F)(F)F)cc1N. The maximum atomic E-state index is 12.2. The van der Waals surface area contributed by atoms with Crippen LogP contribution in [0.15, 0.2) is 11.2 Å². The van der Waals surface area contributed by atoms with Gasteiger partial charge in [-0.15, -0.1) is 0 Å². The molecule has 0 radical (unpaired) electrons. The first-order chi connectivity index (χ1) is 6.95. The summed E-state index contributed by atoms with van der Waals surface area (Å²) >= 11 is 0. The molecule has 82 valence electrons. The Bertz CT molecular complexity index is 388. The Hall–Kier alpha value is -1.89. The van der Waals surface area contributed by atoms with Crippen molar-refractivity contribution in [3.63, 3.8) is 0 Å². The van der Waals surface area contributed by atoms with Gasteiger partial charge in [-0.1, -0.05) is 5.11 Å². The van der Waals surface area contributed by atoms with Crippen molar-refractivity contribution >= 4 is 5.82 Å². The number of anilines is 1. The molecule has 0 atom stereocenters. The van der Waals surface area contributed by atoms with E-state index >= 15 is 0 Å². The third-order valence-corrected chi connectivity index (χ3v) is 1.58. The number of nitrogens with zero attached hydrogens (tertiary/aromatic N) is 5. The number of nitrogens with two attached hydrogens (primary N) is 1. The summed E-state index contributed by atoms with van der Waals surface area (Å²) in [5.74, 6) is -0.115. The van der Waals surface area contributed by atoms with Crippen molar-refractivity contribution in [2.45, 2.75) is 12.7 Å². The summed E-state index contributed by atoms with van der Waals surface area (Å²) in [7, 11) is 0.